The second-order valence-corrected chi connectivity index (χ2v) is 7.96. The number of aromatic carboxylic acids is 1. The summed E-state index contributed by atoms with van der Waals surface area (Å²) in [6.45, 7) is 0.955. The molecule has 27 heavy (non-hydrogen) atoms. The molecule has 0 radical (unpaired) electrons. The van der Waals surface area contributed by atoms with Crippen molar-refractivity contribution in [3.63, 3.8) is 0 Å². The minimum Gasteiger partial charge on any atom is -0.478 e. The summed E-state index contributed by atoms with van der Waals surface area (Å²) in [5.74, 6) is -0.873. The molecule has 3 aromatic rings. The summed E-state index contributed by atoms with van der Waals surface area (Å²) in [6.07, 6.45) is 9.86. The Bertz CT molecular complexity index is 956. The van der Waals surface area contributed by atoms with Gasteiger partial charge < -0.3 is 15.4 Å². The molecule has 3 N–H and O–H groups in total. The summed E-state index contributed by atoms with van der Waals surface area (Å²) in [5.41, 5.74) is 5.41. The number of unbranched alkanes of at least 4 members (excludes halogenated alkanes) is 1. The highest BCUT2D eigenvalue weighted by molar-refractivity contribution is 7.08. The molecule has 2 aromatic heterocycles. The van der Waals surface area contributed by atoms with E-state index in [0.29, 0.717) is 11.6 Å². The van der Waals surface area contributed by atoms with Gasteiger partial charge in [0.25, 0.3) is 0 Å². The Labute approximate surface area is 162 Å². The number of nitrogens with one attached hydrogen (secondary N) is 2. The first-order valence-corrected chi connectivity index (χ1v) is 10.4. The standard InChI is InChI=1S/C22H24N2O2S/c25-22(26)16-5-6-21-20(12-16)17(13-24-21)3-1-2-4-19-11-15(7-9-23-19)18-8-10-27-14-18/h5-8,10,12-14,19,23-24H,1-4,9,11H2,(H,25,26). The van der Waals surface area contributed by atoms with E-state index in [1.54, 1.807) is 23.5 Å². The highest BCUT2D eigenvalue weighted by Crippen LogP contribution is 2.27. The van der Waals surface area contributed by atoms with Gasteiger partial charge in [0.2, 0.25) is 0 Å². The number of aryl methyl sites for hydroxylation is 1. The largest absolute Gasteiger partial charge is 0.478 e. The van der Waals surface area contributed by atoms with Gasteiger partial charge in [0.15, 0.2) is 0 Å². The zero-order chi connectivity index (χ0) is 18.6. The van der Waals surface area contributed by atoms with Crippen LogP contribution in [-0.2, 0) is 6.42 Å². The maximum Gasteiger partial charge on any atom is 0.335 e. The number of carboxylic acid groups (broad SMARTS) is 1. The van der Waals surface area contributed by atoms with Crippen molar-refractivity contribution >= 4 is 33.8 Å². The molecular weight excluding hydrogens is 356 g/mol. The fourth-order valence-corrected chi connectivity index (χ4v) is 4.56. The molecule has 0 saturated heterocycles. The van der Waals surface area contributed by atoms with Gasteiger partial charge in [0.05, 0.1) is 5.56 Å². The average Bonchev–Trinajstić information content (AvgIpc) is 3.35. The van der Waals surface area contributed by atoms with Crippen molar-refractivity contribution in [3.05, 3.63) is 64.0 Å². The second-order valence-electron chi connectivity index (χ2n) is 7.18. The van der Waals surface area contributed by atoms with E-state index in [9.17, 15) is 9.90 Å². The van der Waals surface area contributed by atoms with Crippen LogP contribution in [0.2, 0.25) is 0 Å². The van der Waals surface area contributed by atoms with Crippen LogP contribution in [0.1, 0.15) is 47.2 Å². The number of rotatable bonds is 7. The Balaban J connectivity index is 1.30. The smallest absolute Gasteiger partial charge is 0.335 e. The Morgan fingerprint density at radius 2 is 2.19 bits per heavy atom. The van der Waals surface area contributed by atoms with Gasteiger partial charge in [0.1, 0.15) is 0 Å². The van der Waals surface area contributed by atoms with Gasteiger partial charge in [-0.3, -0.25) is 0 Å². The van der Waals surface area contributed by atoms with Gasteiger partial charge in [0, 0.05) is 29.7 Å². The molecule has 4 rings (SSSR count). The first-order valence-electron chi connectivity index (χ1n) is 9.49. The molecule has 1 aliphatic heterocycles. The van der Waals surface area contributed by atoms with Crippen molar-refractivity contribution in [2.45, 2.75) is 38.1 Å². The normalized spacial score (nSPS) is 17.2. The summed E-state index contributed by atoms with van der Waals surface area (Å²) in [6, 6.07) is 8.04. The Hall–Kier alpha value is -2.37. The number of carboxylic acids is 1. The van der Waals surface area contributed by atoms with Crippen molar-refractivity contribution < 1.29 is 9.90 Å². The summed E-state index contributed by atoms with van der Waals surface area (Å²) in [5, 5.41) is 18.2. The predicted molar refractivity (Wildman–Crippen MR) is 112 cm³/mol. The van der Waals surface area contributed by atoms with Crippen molar-refractivity contribution in [2.24, 2.45) is 0 Å². The number of H-pyrrole nitrogens is 1. The van der Waals surface area contributed by atoms with Crippen LogP contribution in [0.15, 0.2) is 47.3 Å². The number of fused-ring (bicyclic) bond motifs is 1. The lowest BCUT2D eigenvalue weighted by Crippen LogP contribution is -2.32. The zero-order valence-corrected chi connectivity index (χ0v) is 16.0. The van der Waals surface area contributed by atoms with Gasteiger partial charge in [-0.25, -0.2) is 4.79 Å². The van der Waals surface area contributed by atoms with E-state index in [1.807, 2.05) is 12.3 Å². The maximum absolute atomic E-state index is 11.2. The SMILES string of the molecule is O=C(O)c1ccc2[nH]cc(CCCCC3CC(c4ccsc4)=CCN3)c2c1. The number of thiophene rings is 1. The highest BCUT2D eigenvalue weighted by Gasteiger charge is 2.16. The molecule has 0 fully saturated rings. The van der Waals surface area contributed by atoms with Crippen LogP contribution >= 0.6 is 11.3 Å². The molecule has 1 aromatic carbocycles. The Kier molecular flexibility index (Phi) is 5.41. The Morgan fingerprint density at radius 1 is 1.26 bits per heavy atom. The van der Waals surface area contributed by atoms with Crippen LogP contribution in [0.3, 0.4) is 0 Å². The van der Waals surface area contributed by atoms with E-state index >= 15 is 0 Å². The minimum absolute atomic E-state index is 0.350. The lowest BCUT2D eigenvalue weighted by molar-refractivity contribution is 0.0697. The predicted octanol–water partition coefficient (Wildman–Crippen LogP) is 5.09. The molecule has 0 amide bonds. The molecule has 1 aliphatic rings. The molecule has 1 atom stereocenters. The van der Waals surface area contributed by atoms with E-state index in [2.05, 4.69) is 33.2 Å². The fourth-order valence-electron chi connectivity index (χ4n) is 3.88. The molecule has 140 valence electrons. The van der Waals surface area contributed by atoms with Gasteiger partial charge >= 0.3 is 5.97 Å². The van der Waals surface area contributed by atoms with Crippen LogP contribution in [0.5, 0.6) is 0 Å². The first kappa shape index (κ1) is 18.0. The van der Waals surface area contributed by atoms with E-state index in [-0.39, 0.29) is 0 Å². The maximum atomic E-state index is 11.2. The fraction of sp³-hybridized carbons (Fsp3) is 0.318. The third-order valence-corrected chi connectivity index (χ3v) is 6.06. The molecule has 0 saturated carbocycles. The summed E-state index contributed by atoms with van der Waals surface area (Å²) in [7, 11) is 0. The topological polar surface area (TPSA) is 65.1 Å². The zero-order valence-electron chi connectivity index (χ0n) is 15.2. The number of aromatic amines is 1. The van der Waals surface area contributed by atoms with Crippen LogP contribution < -0.4 is 5.32 Å². The highest BCUT2D eigenvalue weighted by atomic mass is 32.1. The third kappa shape index (κ3) is 4.15. The third-order valence-electron chi connectivity index (χ3n) is 5.38. The molecule has 0 bridgehead atoms. The van der Waals surface area contributed by atoms with Crippen molar-refractivity contribution in [2.75, 3.05) is 6.54 Å². The monoisotopic (exact) mass is 380 g/mol. The number of aromatic nitrogens is 1. The summed E-state index contributed by atoms with van der Waals surface area (Å²) < 4.78 is 0. The molecule has 3 heterocycles. The average molecular weight is 381 g/mol. The number of carbonyl (C=O) groups is 1. The van der Waals surface area contributed by atoms with Gasteiger partial charge in [-0.2, -0.15) is 11.3 Å². The van der Waals surface area contributed by atoms with Gasteiger partial charge in [-0.15, -0.1) is 0 Å². The van der Waals surface area contributed by atoms with E-state index in [1.165, 1.54) is 29.5 Å². The van der Waals surface area contributed by atoms with Crippen LogP contribution in [0, 0.1) is 0 Å². The summed E-state index contributed by atoms with van der Waals surface area (Å²) in [4.78, 5) is 14.5. The minimum atomic E-state index is -0.873. The number of hydrogen-bond donors (Lipinski definition) is 3. The van der Waals surface area contributed by atoms with E-state index in [4.69, 9.17) is 0 Å². The quantitative estimate of drug-likeness (QED) is 0.501. The first-order chi connectivity index (χ1) is 13.2. The lowest BCUT2D eigenvalue weighted by atomic mass is 9.93. The van der Waals surface area contributed by atoms with E-state index < -0.39 is 5.97 Å². The van der Waals surface area contributed by atoms with Gasteiger partial charge in [-0.05, 0) is 77.4 Å². The van der Waals surface area contributed by atoms with Crippen molar-refractivity contribution in [3.8, 4) is 0 Å². The number of hydrogen-bond acceptors (Lipinski definition) is 3. The molecular formula is C22H24N2O2S. The molecule has 5 heteroatoms. The van der Waals surface area contributed by atoms with E-state index in [0.717, 1.165) is 36.7 Å². The van der Waals surface area contributed by atoms with Crippen molar-refractivity contribution in [1.82, 2.24) is 10.3 Å². The molecule has 0 spiro atoms. The second kappa shape index (κ2) is 8.11. The van der Waals surface area contributed by atoms with Crippen LogP contribution in [0.4, 0.5) is 0 Å². The Morgan fingerprint density at radius 3 is 3.00 bits per heavy atom. The lowest BCUT2D eigenvalue weighted by Gasteiger charge is -2.24. The number of benzene rings is 1. The molecule has 1 unspecified atom stereocenters. The van der Waals surface area contributed by atoms with Crippen LogP contribution in [-0.4, -0.2) is 28.6 Å². The van der Waals surface area contributed by atoms with Crippen molar-refractivity contribution in [1.29, 1.82) is 0 Å². The molecule has 0 aliphatic carbocycles. The summed E-state index contributed by atoms with van der Waals surface area (Å²) >= 11 is 1.76. The van der Waals surface area contributed by atoms with Crippen LogP contribution in [0.25, 0.3) is 16.5 Å². The van der Waals surface area contributed by atoms with Gasteiger partial charge in [-0.1, -0.05) is 12.5 Å². The molecule has 4 nitrogen and oxygen atoms in total.